The van der Waals surface area contributed by atoms with Crippen molar-refractivity contribution in [1.82, 2.24) is 20.5 Å². The summed E-state index contributed by atoms with van der Waals surface area (Å²) in [5.74, 6) is 0.802. The maximum absolute atomic E-state index is 11.5. The number of carbonyl (C=O) groups is 1. The number of anilines is 1. The van der Waals surface area contributed by atoms with Gasteiger partial charge in [-0.1, -0.05) is 20.8 Å². The molecule has 21 heavy (non-hydrogen) atoms. The van der Waals surface area contributed by atoms with E-state index in [4.69, 9.17) is 0 Å². The van der Waals surface area contributed by atoms with Crippen LogP contribution in [-0.2, 0) is 17.6 Å². The molecule has 2 rings (SSSR count). The average Bonchev–Trinajstić information content (AvgIpc) is 2.54. The quantitative estimate of drug-likeness (QED) is 0.890. The number of hydrogen-bond donors (Lipinski definition) is 1. The zero-order chi connectivity index (χ0) is 15.2. The van der Waals surface area contributed by atoms with Gasteiger partial charge in [0.25, 0.3) is 0 Å². The molecule has 0 bridgehead atoms. The second-order valence-electron chi connectivity index (χ2n) is 5.42. The van der Waals surface area contributed by atoms with Gasteiger partial charge >= 0.3 is 0 Å². The molecule has 1 unspecified atom stereocenters. The lowest BCUT2D eigenvalue weighted by Gasteiger charge is -2.33. The summed E-state index contributed by atoms with van der Waals surface area (Å²) in [7, 11) is 0. The molecule has 0 aromatic carbocycles. The highest BCUT2D eigenvalue weighted by atomic mass is 16.1. The fourth-order valence-corrected chi connectivity index (χ4v) is 2.67. The molecule has 0 saturated carbocycles. The number of rotatable bonds is 5. The predicted octanol–water partition coefficient (Wildman–Crippen LogP) is 1.49. The van der Waals surface area contributed by atoms with Gasteiger partial charge in [0, 0.05) is 25.6 Å². The van der Waals surface area contributed by atoms with Crippen LogP contribution in [0.15, 0.2) is 0 Å². The van der Waals surface area contributed by atoms with Gasteiger partial charge in [0.2, 0.25) is 11.9 Å². The largest absolute Gasteiger partial charge is 0.352 e. The molecule has 1 N–H and O–H groups in total. The minimum Gasteiger partial charge on any atom is -0.352 e. The van der Waals surface area contributed by atoms with Crippen LogP contribution in [0.1, 0.15) is 51.4 Å². The molecule has 0 radical (unpaired) electrons. The Bertz CT molecular complexity index is 491. The first-order valence-corrected chi connectivity index (χ1v) is 7.94. The van der Waals surface area contributed by atoms with Crippen molar-refractivity contribution in [2.24, 2.45) is 0 Å². The van der Waals surface area contributed by atoms with Crippen LogP contribution in [0.25, 0.3) is 0 Å². The maximum atomic E-state index is 11.5. The van der Waals surface area contributed by atoms with E-state index in [1.54, 1.807) is 0 Å². The van der Waals surface area contributed by atoms with Gasteiger partial charge < -0.3 is 10.2 Å². The van der Waals surface area contributed by atoms with Crippen LogP contribution in [0.3, 0.4) is 0 Å². The third kappa shape index (κ3) is 3.89. The van der Waals surface area contributed by atoms with Crippen molar-refractivity contribution in [2.45, 2.75) is 58.9 Å². The monoisotopic (exact) mass is 291 g/mol. The molecule has 1 aromatic rings. The lowest BCUT2D eigenvalue weighted by atomic mass is 10.1. The molecule has 1 amide bonds. The van der Waals surface area contributed by atoms with Gasteiger partial charge in [-0.3, -0.25) is 4.79 Å². The van der Waals surface area contributed by atoms with E-state index < -0.39 is 0 Å². The van der Waals surface area contributed by atoms with Crippen LogP contribution < -0.4 is 10.2 Å². The van der Waals surface area contributed by atoms with Gasteiger partial charge in [0.1, 0.15) is 0 Å². The summed E-state index contributed by atoms with van der Waals surface area (Å²) in [6.07, 6.45) is 4.31. The smallest absolute Gasteiger partial charge is 0.245 e. The van der Waals surface area contributed by atoms with E-state index in [-0.39, 0.29) is 11.9 Å². The molecule has 1 aromatic heterocycles. The molecule has 0 aliphatic carbocycles. The molecule has 1 fully saturated rings. The average molecular weight is 291 g/mol. The summed E-state index contributed by atoms with van der Waals surface area (Å²) in [4.78, 5) is 18.3. The summed E-state index contributed by atoms with van der Waals surface area (Å²) in [5.41, 5.74) is 2.01. The van der Waals surface area contributed by atoms with Gasteiger partial charge in [-0.15, -0.1) is 5.10 Å². The number of hydrogen-bond acceptors (Lipinski definition) is 5. The Morgan fingerprint density at radius 3 is 2.67 bits per heavy atom. The van der Waals surface area contributed by atoms with Gasteiger partial charge in [-0.05, 0) is 25.7 Å². The lowest BCUT2D eigenvalue weighted by Crippen LogP contribution is -2.48. The van der Waals surface area contributed by atoms with Gasteiger partial charge in [-0.25, -0.2) is 4.98 Å². The molecule has 2 heterocycles. The molecule has 1 aliphatic rings. The Kier molecular flexibility index (Phi) is 5.47. The van der Waals surface area contributed by atoms with Gasteiger partial charge in [-0.2, -0.15) is 5.10 Å². The first-order valence-electron chi connectivity index (χ1n) is 7.94. The van der Waals surface area contributed by atoms with E-state index in [0.717, 1.165) is 50.2 Å². The van der Waals surface area contributed by atoms with Crippen molar-refractivity contribution in [2.75, 3.05) is 18.0 Å². The first kappa shape index (κ1) is 15.7. The maximum Gasteiger partial charge on any atom is 0.245 e. The van der Waals surface area contributed by atoms with Crippen LogP contribution in [0.2, 0.25) is 0 Å². The topological polar surface area (TPSA) is 71.0 Å². The molecule has 1 saturated heterocycles. The van der Waals surface area contributed by atoms with E-state index in [0.29, 0.717) is 12.4 Å². The lowest BCUT2D eigenvalue weighted by molar-refractivity contribution is -0.121. The number of amides is 1. The molecular weight excluding hydrogens is 266 g/mol. The fraction of sp³-hybridized carbons (Fsp3) is 0.733. The molecule has 1 atom stereocenters. The Balaban J connectivity index is 2.08. The highest BCUT2D eigenvalue weighted by molar-refractivity contribution is 5.75. The van der Waals surface area contributed by atoms with Gasteiger partial charge in [0.15, 0.2) is 0 Å². The van der Waals surface area contributed by atoms with Crippen molar-refractivity contribution in [3.05, 3.63) is 11.4 Å². The normalized spacial score (nSPS) is 18.6. The van der Waals surface area contributed by atoms with E-state index in [2.05, 4.69) is 39.2 Å². The molecule has 116 valence electrons. The van der Waals surface area contributed by atoms with E-state index in [9.17, 15) is 4.79 Å². The summed E-state index contributed by atoms with van der Waals surface area (Å²) < 4.78 is 0. The molecule has 1 aliphatic heterocycles. The summed E-state index contributed by atoms with van der Waals surface area (Å²) >= 11 is 0. The minimum atomic E-state index is 0.108. The number of carbonyl (C=O) groups excluding carboxylic acids is 1. The van der Waals surface area contributed by atoms with Crippen LogP contribution in [0.5, 0.6) is 0 Å². The van der Waals surface area contributed by atoms with Crippen LogP contribution in [-0.4, -0.2) is 40.2 Å². The predicted molar refractivity (Wildman–Crippen MR) is 82.3 cm³/mol. The third-order valence-corrected chi connectivity index (χ3v) is 3.89. The SMILES string of the molecule is CCC(=O)NC1CCCN(c2nnc(CC)c(CC)n2)C1. The Hall–Kier alpha value is -1.72. The second kappa shape index (κ2) is 7.33. The minimum absolute atomic E-state index is 0.108. The fourth-order valence-electron chi connectivity index (χ4n) is 2.67. The number of piperidine rings is 1. The summed E-state index contributed by atoms with van der Waals surface area (Å²) in [6.45, 7) is 7.73. The Morgan fingerprint density at radius 1 is 1.24 bits per heavy atom. The number of aryl methyl sites for hydroxylation is 2. The standard InChI is InChI=1S/C15H25N5O/c1-4-12-13(5-2)18-19-15(17-12)20-9-7-8-11(10-20)16-14(21)6-3/h11H,4-10H2,1-3H3,(H,16,21). The van der Waals surface area contributed by atoms with Crippen molar-refractivity contribution in [1.29, 1.82) is 0 Å². The number of nitrogens with one attached hydrogen (secondary N) is 1. The van der Waals surface area contributed by atoms with Crippen LogP contribution >= 0.6 is 0 Å². The molecular formula is C15H25N5O. The van der Waals surface area contributed by atoms with Crippen molar-refractivity contribution in [3.8, 4) is 0 Å². The second-order valence-corrected chi connectivity index (χ2v) is 5.42. The van der Waals surface area contributed by atoms with E-state index in [1.807, 2.05) is 6.92 Å². The first-order chi connectivity index (χ1) is 10.2. The third-order valence-electron chi connectivity index (χ3n) is 3.89. The Morgan fingerprint density at radius 2 is 2.00 bits per heavy atom. The van der Waals surface area contributed by atoms with Crippen molar-refractivity contribution >= 4 is 11.9 Å². The van der Waals surface area contributed by atoms with E-state index >= 15 is 0 Å². The highest BCUT2D eigenvalue weighted by Gasteiger charge is 2.23. The zero-order valence-electron chi connectivity index (χ0n) is 13.2. The Labute approximate surface area is 126 Å². The summed E-state index contributed by atoms with van der Waals surface area (Å²) in [6, 6.07) is 0.186. The van der Waals surface area contributed by atoms with Crippen LogP contribution in [0.4, 0.5) is 5.95 Å². The highest BCUT2D eigenvalue weighted by Crippen LogP contribution is 2.17. The van der Waals surface area contributed by atoms with Crippen LogP contribution in [0, 0.1) is 0 Å². The molecule has 6 heteroatoms. The van der Waals surface area contributed by atoms with Crippen molar-refractivity contribution in [3.63, 3.8) is 0 Å². The molecule has 0 spiro atoms. The van der Waals surface area contributed by atoms with Crippen molar-refractivity contribution < 1.29 is 4.79 Å². The molecule has 6 nitrogen and oxygen atoms in total. The zero-order valence-corrected chi connectivity index (χ0v) is 13.2. The summed E-state index contributed by atoms with van der Waals surface area (Å²) in [5, 5.41) is 11.6. The van der Waals surface area contributed by atoms with E-state index in [1.165, 1.54) is 0 Å². The number of aromatic nitrogens is 3. The number of nitrogens with zero attached hydrogens (tertiary/aromatic N) is 4. The van der Waals surface area contributed by atoms with Gasteiger partial charge in [0.05, 0.1) is 11.4 Å².